The van der Waals surface area contributed by atoms with Crippen molar-refractivity contribution in [2.45, 2.75) is 44.2 Å². The zero-order valence-corrected chi connectivity index (χ0v) is 31.8. The first-order valence-electron chi connectivity index (χ1n) is 17.5. The van der Waals surface area contributed by atoms with Crippen LogP contribution in [-0.2, 0) is 21.3 Å². The van der Waals surface area contributed by atoms with Gasteiger partial charge in [0.15, 0.2) is 0 Å². The van der Waals surface area contributed by atoms with Gasteiger partial charge in [-0.15, -0.1) is 0 Å². The van der Waals surface area contributed by atoms with Crippen molar-refractivity contribution in [2.24, 2.45) is 5.92 Å². The number of amides is 2. The number of nitrogens with one attached hydrogen (secondary N) is 1. The molecule has 2 atom stereocenters. The summed E-state index contributed by atoms with van der Waals surface area (Å²) in [6, 6.07) is 16.5. The summed E-state index contributed by atoms with van der Waals surface area (Å²) in [6.07, 6.45) is 5.87. The van der Waals surface area contributed by atoms with E-state index in [0.717, 1.165) is 46.2 Å². The Bertz CT molecular complexity index is 2150. The summed E-state index contributed by atoms with van der Waals surface area (Å²) in [4.78, 5) is 30.2. The minimum absolute atomic E-state index is 0.0928. The number of carbonyl (C=O) groups is 2. The van der Waals surface area contributed by atoms with E-state index in [2.05, 4.69) is 15.9 Å². The fourth-order valence-electron chi connectivity index (χ4n) is 7.18. The molecule has 2 aliphatic heterocycles. The van der Waals surface area contributed by atoms with Crippen LogP contribution in [0.15, 0.2) is 67.0 Å². The van der Waals surface area contributed by atoms with Crippen LogP contribution in [0.4, 0.5) is 10.5 Å². The maximum atomic E-state index is 13.5. The number of anilines is 1. The van der Waals surface area contributed by atoms with E-state index in [0.29, 0.717) is 46.3 Å². The highest BCUT2D eigenvalue weighted by Crippen LogP contribution is 2.57. The van der Waals surface area contributed by atoms with Gasteiger partial charge < -0.3 is 19.5 Å². The molecule has 1 saturated carbocycles. The second-order valence-corrected chi connectivity index (χ2v) is 16.8. The lowest BCUT2D eigenvalue weighted by molar-refractivity contribution is -0.0121. The minimum Gasteiger partial charge on any atom is -0.490 e. The molecule has 3 aliphatic rings. The van der Waals surface area contributed by atoms with E-state index in [1.54, 1.807) is 44.9 Å². The summed E-state index contributed by atoms with van der Waals surface area (Å²) in [6.45, 7) is 3.59. The fourth-order valence-corrected chi connectivity index (χ4v) is 8.06. The Morgan fingerprint density at radius 3 is 2.60 bits per heavy atom. The summed E-state index contributed by atoms with van der Waals surface area (Å²) in [7, 11) is -3.44. The van der Waals surface area contributed by atoms with Crippen molar-refractivity contribution in [2.75, 3.05) is 50.5 Å². The van der Waals surface area contributed by atoms with Crippen LogP contribution >= 0.6 is 23.2 Å². The van der Waals surface area contributed by atoms with Gasteiger partial charge in [0.2, 0.25) is 10.0 Å². The second-order valence-electron chi connectivity index (χ2n) is 14.1. The van der Waals surface area contributed by atoms with Gasteiger partial charge >= 0.3 is 6.09 Å². The van der Waals surface area contributed by atoms with E-state index >= 15 is 0 Å². The number of hydrogen-bond donors (Lipinski definition) is 2. The monoisotopic (exact) mass is 781 g/mol. The first-order chi connectivity index (χ1) is 25.3. The van der Waals surface area contributed by atoms with Crippen molar-refractivity contribution in [3.05, 3.63) is 99.3 Å². The molecule has 1 aromatic heterocycles. The number of rotatable bonds is 11. The number of likely N-dealkylation sites (tertiary alicyclic amines) is 1. The molecule has 280 valence electrons. The molecule has 3 heterocycles. The Hall–Kier alpha value is -4.14. The average Bonchev–Trinajstić information content (AvgIpc) is 3.78. The predicted octanol–water partition coefficient (Wildman–Crippen LogP) is 5.87. The standard InChI is InChI=1S/C38H41Cl2N5O7S/c1-24-31(39)6-4-8-34(24)51-15-16-52-37(47)45-22-26-18-30(26)35-29(5-3-7-33(35)45)28-19-41-44(21-28)20-27-17-25(9-10-32(27)40)36(46)43-13-11-38(48,12-14-43)23-42-53(2,49)50/h3-10,17,19,21,26,30,42,48H,11-16,18,20,22-23H2,1-2H3/t26-,30-/m0/s1. The lowest BCUT2D eigenvalue weighted by Gasteiger charge is -2.38. The van der Waals surface area contributed by atoms with E-state index < -0.39 is 21.7 Å². The van der Waals surface area contributed by atoms with E-state index in [9.17, 15) is 23.1 Å². The molecular weight excluding hydrogens is 741 g/mol. The van der Waals surface area contributed by atoms with Gasteiger partial charge in [0.05, 0.1) is 30.3 Å². The number of nitrogens with zero attached hydrogens (tertiary/aromatic N) is 4. The highest BCUT2D eigenvalue weighted by atomic mass is 35.5. The normalized spacial score (nSPS) is 19.0. The third-order valence-corrected chi connectivity index (χ3v) is 11.8. The number of benzene rings is 3. The largest absolute Gasteiger partial charge is 0.490 e. The number of fused-ring (bicyclic) bond motifs is 3. The molecule has 0 spiro atoms. The number of halogens is 2. The third-order valence-electron chi connectivity index (χ3n) is 10.3. The number of ether oxygens (including phenoxy) is 2. The van der Waals surface area contributed by atoms with Gasteiger partial charge in [0.1, 0.15) is 19.0 Å². The minimum atomic E-state index is -3.44. The van der Waals surface area contributed by atoms with Crippen molar-refractivity contribution in [3.8, 4) is 16.9 Å². The number of hydrogen-bond acceptors (Lipinski definition) is 8. The van der Waals surface area contributed by atoms with Crippen molar-refractivity contribution >= 4 is 50.9 Å². The maximum Gasteiger partial charge on any atom is 0.414 e. The molecule has 0 radical (unpaired) electrons. The molecule has 15 heteroatoms. The Kier molecular flexibility index (Phi) is 10.5. The predicted molar refractivity (Wildman–Crippen MR) is 202 cm³/mol. The van der Waals surface area contributed by atoms with Gasteiger partial charge in [0, 0.05) is 59.1 Å². The molecule has 2 fully saturated rings. The number of aliphatic hydroxyl groups is 1. The highest BCUT2D eigenvalue weighted by Gasteiger charge is 2.48. The van der Waals surface area contributed by atoms with Gasteiger partial charge in [-0.25, -0.2) is 17.9 Å². The molecule has 53 heavy (non-hydrogen) atoms. The average molecular weight is 783 g/mol. The molecule has 1 aliphatic carbocycles. The number of piperidine rings is 1. The molecular formula is C38H41Cl2N5O7S. The lowest BCUT2D eigenvalue weighted by Crippen LogP contribution is -2.52. The van der Waals surface area contributed by atoms with Crippen molar-refractivity contribution in [1.82, 2.24) is 19.4 Å². The van der Waals surface area contributed by atoms with Crippen LogP contribution < -0.4 is 14.4 Å². The number of aromatic nitrogens is 2. The van der Waals surface area contributed by atoms with E-state index in [4.69, 9.17) is 32.7 Å². The molecule has 1 saturated heterocycles. The van der Waals surface area contributed by atoms with E-state index in [-0.39, 0.29) is 51.6 Å². The highest BCUT2D eigenvalue weighted by molar-refractivity contribution is 7.88. The van der Waals surface area contributed by atoms with Crippen LogP contribution in [0.25, 0.3) is 11.1 Å². The molecule has 4 aromatic rings. The van der Waals surface area contributed by atoms with Crippen molar-refractivity contribution in [1.29, 1.82) is 0 Å². The van der Waals surface area contributed by atoms with E-state index in [1.165, 1.54) is 0 Å². The molecule has 0 unspecified atom stereocenters. The maximum absolute atomic E-state index is 13.5. The van der Waals surface area contributed by atoms with Crippen LogP contribution in [0.5, 0.6) is 5.75 Å². The summed E-state index contributed by atoms with van der Waals surface area (Å²) in [5, 5.41) is 16.6. The second kappa shape index (κ2) is 14.9. The van der Waals surface area contributed by atoms with Gasteiger partial charge in [-0.2, -0.15) is 5.10 Å². The smallest absolute Gasteiger partial charge is 0.414 e. The summed E-state index contributed by atoms with van der Waals surface area (Å²) in [5.74, 6) is 1.17. The van der Waals surface area contributed by atoms with Gasteiger partial charge in [0.25, 0.3) is 5.91 Å². The quantitative estimate of drug-likeness (QED) is 0.180. The van der Waals surface area contributed by atoms with Crippen LogP contribution in [0, 0.1) is 12.8 Å². The van der Waals surface area contributed by atoms with E-state index in [1.807, 2.05) is 37.4 Å². The number of sulfonamides is 1. The van der Waals surface area contributed by atoms with Gasteiger partial charge in [-0.1, -0.05) is 41.4 Å². The van der Waals surface area contributed by atoms with Gasteiger partial charge in [-0.05, 0) is 91.1 Å². The first-order valence-corrected chi connectivity index (χ1v) is 20.2. The van der Waals surface area contributed by atoms with Crippen LogP contribution in [0.2, 0.25) is 10.0 Å². The van der Waals surface area contributed by atoms with Crippen LogP contribution in [0.3, 0.4) is 0 Å². The zero-order valence-electron chi connectivity index (χ0n) is 29.4. The van der Waals surface area contributed by atoms with Crippen molar-refractivity contribution < 1.29 is 32.6 Å². The summed E-state index contributed by atoms with van der Waals surface area (Å²) in [5.41, 5.74) is 4.66. The van der Waals surface area contributed by atoms with Crippen LogP contribution in [0.1, 0.15) is 52.2 Å². The SMILES string of the molecule is Cc1c(Cl)cccc1OCCOC(=O)N1C[C@@H]2C[C@@H]2c2c(-c3cnn(Cc4cc(C(=O)N5CCC(O)(CNS(C)(=O)=O)CC5)ccc4Cl)c3)cccc21. The lowest BCUT2D eigenvalue weighted by atomic mass is 9.91. The third kappa shape index (κ3) is 8.34. The molecule has 0 bridgehead atoms. The first kappa shape index (κ1) is 37.2. The molecule has 2 amide bonds. The van der Waals surface area contributed by atoms with Gasteiger partial charge in [-0.3, -0.25) is 14.4 Å². The van der Waals surface area contributed by atoms with Crippen molar-refractivity contribution in [3.63, 3.8) is 0 Å². The Balaban J connectivity index is 1.01. The summed E-state index contributed by atoms with van der Waals surface area (Å²) < 4.78 is 38.6. The fraction of sp³-hybridized carbons (Fsp3) is 0.395. The molecule has 3 aromatic carbocycles. The topological polar surface area (TPSA) is 143 Å². The molecule has 7 rings (SSSR count). The zero-order chi connectivity index (χ0) is 37.5. The Labute approximate surface area is 318 Å². The Morgan fingerprint density at radius 2 is 1.83 bits per heavy atom. The molecule has 12 nitrogen and oxygen atoms in total. The molecule has 2 N–H and O–H groups in total. The number of carbonyl (C=O) groups excluding carboxylic acids is 2. The Morgan fingerprint density at radius 1 is 1.06 bits per heavy atom. The van der Waals surface area contributed by atoms with Crippen LogP contribution in [-0.4, -0.2) is 91.5 Å². The summed E-state index contributed by atoms with van der Waals surface area (Å²) >= 11 is 12.8.